The van der Waals surface area contributed by atoms with E-state index in [1.807, 2.05) is 59.1 Å². The predicted octanol–water partition coefficient (Wildman–Crippen LogP) is 3.68. The van der Waals surface area contributed by atoms with Crippen LogP contribution in [0.5, 0.6) is 23.0 Å². The molecule has 0 unspecified atom stereocenters. The summed E-state index contributed by atoms with van der Waals surface area (Å²) in [7, 11) is 0. The van der Waals surface area contributed by atoms with E-state index in [1.165, 1.54) is 0 Å². The van der Waals surface area contributed by atoms with Crippen molar-refractivity contribution in [3.63, 3.8) is 0 Å². The zero-order valence-electron chi connectivity index (χ0n) is 14.2. The first-order valence-electron chi connectivity index (χ1n) is 8.38. The van der Waals surface area contributed by atoms with E-state index >= 15 is 0 Å². The molecular weight excluding hydrogens is 366 g/mol. The molecule has 8 heteroatoms. The topological polar surface area (TPSA) is 67.1 Å². The van der Waals surface area contributed by atoms with Crippen LogP contribution >= 0.6 is 11.3 Å². The lowest BCUT2D eigenvalue weighted by Gasteiger charge is -2.05. The highest BCUT2D eigenvalue weighted by Crippen LogP contribution is 2.35. The number of hydrogen-bond donors (Lipinski definition) is 0. The Kier molecular flexibility index (Phi) is 4.02. The Morgan fingerprint density at radius 3 is 2.70 bits per heavy atom. The Balaban J connectivity index is 1.27. The summed E-state index contributed by atoms with van der Waals surface area (Å²) in [5.74, 6) is 3.68. The number of benzene rings is 2. The van der Waals surface area contributed by atoms with Crippen LogP contribution in [0.3, 0.4) is 0 Å². The van der Waals surface area contributed by atoms with Gasteiger partial charge in [-0.25, -0.2) is 0 Å². The molecular formula is C19H15N3O4S. The Morgan fingerprint density at radius 2 is 1.78 bits per heavy atom. The number of nitrogens with zero attached hydrogens (tertiary/aromatic N) is 3. The summed E-state index contributed by atoms with van der Waals surface area (Å²) in [5.41, 5.74) is 0. The van der Waals surface area contributed by atoms with Crippen molar-refractivity contribution in [1.29, 1.82) is 0 Å². The number of para-hydroxylation sites is 1. The molecule has 0 aliphatic carbocycles. The van der Waals surface area contributed by atoms with Gasteiger partial charge >= 0.3 is 0 Å². The average Bonchev–Trinajstić information content (AvgIpc) is 3.41. The lowest BCUT2D eigenvalue weighted by Crippen LogP contribution is -2.01. The van der Waals surface area contributed by atoms with Gasteiger partial charge in [0.05, 0.1) is 4.88 Å². The molecule has 0 radical (unpaired) electrons. The van der Waals surface area contributed by atoms with Crippen LogP contribution in [0, 0.1) is 0 Å². The maximum atomic E-state index is 5.84. The molecule has 0 bridgehead atoms. The van der Waals surface area contributed by atoms with Gasteiger partial charge in [0.25, 0.3) is 0 Å². The first-order chi connectivity index (χ1) is 13.3. The SMILES string of the molecule is c1ccc(OCc2cn3c(COc4ccc5c(c4)OCO5)nnc3s2)cc1. The molecule has 0 spiro atoms. The number of hydrogen-bond acceptors (Lipinski definition) is 7. The number of aromatic nitrogens is 3. The van der Waals surface area contributed by atoms with Crippen LogP contribution in [0.25, 0.3) is 4.96 Å². The van der Waals surface area contributed by atoms with Crippen molar-refractivity contribution < 1.29 is 18.9 Å². The second-order valence-electron chi connectivity index (χ2n) is 5.87. The molecule has 7 nitrogen and oxygen atoms in total. The number of thiazole rings is 1. The van der Waals surface area contributed by atoms with E-state index < -0.39 is 0 Å². The van der Waals surface area contributed by atoms with Gasteiger partial charge in [-0.05, 0) is 24.3 Å². The molecule has 27 heavy (non-hydrogen) atoms. The van der Waals surface area contributed by atoms with Crippen molar-refractivity contribution in [2.45, 2.75) is 13.2 Å². The van der Waals surface area contributed by atoms with Crippen molar-refractivity contribution in [2.75, 3.05) is 6.79 Å². The first kappa shape index (κ1) is 16.0. The standard InChI is InChI=1S/C19H15N3O4S/c1-2-4-13(5-3-1)23-10-15-9-22-18(20-21-19(22)27-15)11-24-14-6-7-16-17(8-14)26-12-25-16/h1-9H,10-12H2. The molecule has 2 aromatic carbocycles. The third-order valence-corrected chi connectivity index (χ3v) is 5.01. The summed E-state index contributed by atoms with van der Waals surface area (Å²) >= 11 is 1.55. The van der Waals surface area contributed by atoms with Crippen molar-refractivity contribution in [2.24, 2.45) is 0 Å². The molecule has 0 amide bonds. The van der Waals surface area contributed by atoms with Gasteiger partial charge in [-0.3, -0.25) is 4.40 Å². The monoisotopic (exact) mass is 381 g/mol. The second kappa shape index (κ2) is 6.81. The number of rotatable bonds is 6. The summed E-state index contributed by atoms with van der Waals surface area (Å²) in [4.78, 5) is 1.87. The van der Waals surface area contributed by atoms with Crippen LogP contribution < -0.4 is 18.9 Å². The van der Waals surface area contributed by atoms with E-state index in [4.69, 9.17) is 18.9 Å². The minimum atomic E-state index is 0.242. The van der Waals surface area contributed by atoms with Gasteiger partial charge in [-0.15, -0.1) is 10.2 Å². The zero-order chi connectivity index (χ0) is 18.1. The lowest BCUT2D eigenvalue weighted by molar-refractivity contribution is 0.173. The van der Waals surface area contributed by atoms with Gasteiger partial charge < -0.3 is 18.9 Å². The third kappa shape index (κ3) is 3.26. The van der Waals surface area contributed by atoms with E-state index in [9.17, 15) is 0 Å². The van der Waals surface area contributed by atoms with Gasteiger partial charge in [0.1, 0.15) is 24.7 Å². The van der Waals surface area contributed by atoms with Crippen molar-refractivity contribution in [3.8, 4) is 23.0 Å². The number of fused-ring (bicyclic) bond motifs is 2. The normalized spacial score (nSPS) is 12.4. The Bertz CT molecular complexity index is 1080. The zero-order valence-corrected chi connectivity index (χ0v) is 15.0. The van der Waals surface area contributed by atoms with Crippen LogP contribution in [-0.4, -0.2) is 21.4 Å². The molecule has 0 N–H and O–H groups in total. The quantitative estimate of drug-likeness (QED) is 0.508. The molecule has 0 atom stereocenters. The van der Waals surface area contributed by atoms with Gasteiger partial charge in [0.15, 0.2) is 17.3 Å². The minimum absolute atomic E-state index is 0.242. The van der Waals surface area contributed by atoms with E-state index in [-0.39, 0.29) is 6.79 Å². The van der Waals surface area contributed by atoms with Crippen LogP contribution in [-0.2, 0) is 13.2 Å². The molecule has 0 fully saturated rings. The Labute approximate surface area is 158 Å². The van der Waals surface area contributed by atoms with Crippen LogP contribution in [0.1, 0.15) is 10.7 Å². The van der Waals surface area contributed by atoms with E-state index in [0.717, 1.165) is 27.2 Å². The molecule has 0 saturated heterocycles. The van der Waals surface area contributed by atoms with E-state index in [2.05, 4.69) is 10.2 Å². The second-order valence-corrected chi connectivity index (χ2v) is 6.97. The van der Waals surface area contributed by atoms with Crippen molar-refractivity contribution in [3.05, 3.63) is 65.4 Å². The summed E-state index contributed by atoms with van der Waals surface area (Å²) in [5, 5.41) is 8.42. The highest BCUT2D eigenvalue weighted by atomic mass is 32.1. The molecule has 4 aromatic rings. The maximum absolute atomic E-state index is 5.84. The van der Waals surface area contributed by atoms with Gasteiger partial charge in [-0.2, -0.15) is 0 Å². The van der Waals surface area contributed by atoms with E-state index in [0.29, 0.717) is 24.7 Å². The minimum Gasteiger partial charge on any atom is -0.488 e. The third-order valence-electron chi connectivity index (χ3n) is 4.07. The Hall–Kier alpha value is -3.26. The molecule has 136 valence electrons. The average molecular weight is 381 g/mol. The predicted molar refractivity (Wildman–Crippen MR) is 98.5 cm³/mol. The fourth-order valence-electron chi connectivity index (χ4n) is 2.75. The molecule has 1 aliphatic heterocycles. The molecule has 0 saturated carbocycles. The first-order valence-corrected chi connectivity index (χ1v) is 9.19. The van der Waals surface area contributed by atoms with Crippen molar-refractivity contribution in [1.82, 2.24) is 14.6 Å². The molecule has 5 rings (SSSR count). The molecule has 1 aliphatic rings. The van der Waals surface area contributed by atoms with Crippen LogP contribution in [0.4, 0.5) is 0 Å². The molecule has 3 heterocycles. The fraction of sp³-hybridized carbons (Fsp3) is 0.158. The van der Waals surface area contributed by atoms with Gasteiger partial charge in [-0.1, -0.05) is 29.5 Å². The van der Waals surface area contributed by atoms with Crippen LogP contribution in [0.15, 0.2) is 54.7 Å². The van der Waals surface area contributed by atoms with Crippen molar-refractivity contribution >= 4 is 16.3 Å². The van der Waals surface area contributed by atoms with Gasteiger partial charge in [0.2, 0.25) is 11.8 Å². The highest BCUT2D eigenvalue weighted by molar-refractivity contribution is 7.17. The summed E-state index contributed by atoms with van der Waals surface area (Å²) in [6, 6.07) is 15.2. The number of ether oxygens (including phenoxy) is 4. The summed E-state index contributed by atoms with van der Waals surface area (Å²) < 4.78 is 24.2. The smallest absolute Gasteiger partial charge is 0.231 e. The lowest BCUT2D eigenvalue weighted by atomic mass is 10.3. The maximum Gasteiger partial charge on any atom is 0.231 e. The largest absolute Gasteiger partial charge is 0.488 e. The molecule has 2 aromatic heterocycles. The van der Waals surface area contributed by atoms with E-state index in [1.54, 1.807) is 11.3 Å². The summed E-state index contributed by atoms with van der Waals surface area (Å²) in [6.45, 7) is 1.03. The Morgan fingerprint density at radius 1 is 0.926 bits per heavy atom. The summed E-state index contributed by atoms with van der Waals surface area (Å²) in [6.07, 6.45) is 1.99. The fourth-order valence-corrected chi connectivity index (χ4v) is 3.59. The highest BCUT2D eigenvalue weighted by Gasteiger charge is 2.15. The van der Waals surface area contributed by atoms with Crippen LogP contribution in [0.2, 0.25) is 0 Å². The van der Waals surface area contributed by atoms with Gasteiger partial charge in [0, 0.05) is 12.3 Å².